The van der Waals surface area contributed by atoms with Crippen molar-refractivity contribution in [2.75, 3.05) is 16.4 Å². The van der Waals surface area contributed by atoms with Crippen molar-refractivity contribution in [2.24, 2.45) is 0 Å². The summed E-state index contributed by atoms with van der Waals surface area (Å²) in [6.07, 6.45) is -1.82. The number of amides is 1. The average Bonchev–Trinajstić information content (AvgIpc) is 3.67. The minimum atomic E-state index is -3.71. The second-order valence-corrected chi connectivity index (χ2v) is 13.1. The van der Waals surface area contributed by atoms with Crippen molar-refractivity contribution >= 4 is 57.6 Å². The molecule has 2 aliphatic heterocycles. The molecule has 3 N–H and O–H groups in total. The summed E-state index contributed by atoms with van der Waals surface area (Å²) < 4.78 is 96.2. The van der Waals surface area contributed by atoms with Crippen LogP contribution in [0.5, 0.6) is 23.0 Å². The predicted octanol–water partition coefficient (Wildman–Crippen LogP) is 10.8. The second-order valence-electron chi connectivity index (χ2n) is 12.0. The molecule has 0 saturated carbocycles. The van der Waals surface area contributed by atoms with Gasteiger partial charge in [0.2, 0.25) is 0 Å². The van der Waals surface area contributed by atoms with Crippen LogP contribution in [0.15, 0.2) is 97.6 Å². The Morgan fingerprint density at radius 3 is 1.44 bits per heavy atom. The Balaban J connectivity index is 0.000000214. The van der Waals surface area contributed by atoms with Crippen molar-refractivity contribution in [1.82, 2.24) is 19.9 Å². The van der Waals surface area contributed by atoms with E-state index in [1.807, 2.05) is 0 Å². The number of carbonyl (C=O) groups is 2. The molecule has 4 aromatic carbocycles. The van der Waals surface area contributed by atoms with Crippen LogP contribution in [-0.2, 0) is 0 Å². The fourth-order valence-electron chi connectivity index (χ4n) is 5.21. The van der Waals surface area contributed by atoms with Crippen LogP contribution in [0.2, 0.25) is 0 Å². The molecular weight excluding hydrogens is 881 g/mol. The molecular formula is C40H31Cl3F6N6O6. The number of aromatic nitrogens is 4. The van der Waals surface area contributed by atoms with E-state index in [2.05, 4.69) is 44.2 Å². The highest BCUT2D eigenvalue weighted by Gasteiger charge is 2.44. The first-order chi connectivity index (χ1) is 28.4. The zero-order valence-electron chi connectivity index (χ0n) is 30.7. The lowest BCUT2D eigenvalue weighted by molar-refractivity contribution is -0.287. The van der Waals surface area contributed by atoms with Crippen LogP contribution >= 0.6 is 34.8 Å². The number of aryl methyl sites for hydroxylation is 2. The van der Waals surface area contributed by atoms with E-state index in [1.165, 1.54) is 85.5 Å². The predicted molar refractivity (Wildman–Crippen MR) is 215 cm³/mol. The average molecular weight is 912 g/mol. The molecule has 0 atom stereocenters. The number of anilines is 2. The van der Waals surface area contributed by atoms with Gasteiger partial charge in [-0.2, -0.15) is 0 Å². The third-order valence-electron chi connectivity index (χ3n) is 7.82. The maximum Gasteiger partial charge on any atom is 0.586 e. The Morgan fingerprint density at radius 2 is 1.07 bits per heavy atom. The van der Waals surface area contributed by atoms with Crippen molar-refractivity contribution in [3.05, 3.63) is 131 Å². The van der Waals surface area contributed by atoms with Crippen LogP contribution < -0.4 is 30.0 Å². The van der Waals surface area contributed by atoms with Crippen molar-refractivity contribution in [2.45, 2.75) is 33.9 Å². The number of alkyl halides is 6. The van der Waals surface area contributed by atoms with Crippen molar-refractivity contribution in [3.63, 3.8) is 0 Å². The Labute approximate surface area is 358 Å². The van der Waals surface area contributed by atoms with Gasteiger partial charge in [0, 0.05) is 11.1 Å². The highest BCUT2D eigenvalue weighted by Crippen LogP contribution is 2.45. The van der Waals surface area contributed by atoms with Gasteiger partial charge in [-0.05, 0) is 85.1 Å². The molecule has 61 heavy (non-hydrogen) atoms. The summed E-state index contributed by atoms with van der Waals surface area (Å²) in [5.74, 6) is -1.69. The first-order valence-electron chi connectivity index (χ1n) is 16.7. The molecule has 4 heterocycles. The summed E-state index contributed by atoms with van der Waals surface area (Å²) in [4.78, 5) is 38.8. The van der Waals surface area contributed by atoms with Gasteiger partial charge < -0.3 is 30.0 Å². The summed E-state index contributed by atoms with van der Waals surface area (Å²) in [5.41, 5.74) is 8.64. The van der Waals surface area contributed by atoms with Gasteiger partial charge >= 0.3 is 12.6 Å². The minimum Gasteiger partial charge on any atom is -0.395 e. The number of rotatable bonds is 5. The SMILES string of the molecule is C.Cc1cc2c(cc1-c1cnc(N)cn1)OC(F)(F)O2.Cc1cc2c(cc1-c1cnc(NC(=O)c3ccccc3F)cn1)OC(F)(F)O2.ClCCl.O=C(Cl)c1ccccc1F. The maximum atomic E-state index is 13.7. The summed E-state index contributed by atoms with van der Waals surface area (Å²) in [6, 6.07) is 16.8. The largest absolute Gasteiger partial charge is 0.586 e. The number of nitrogen functional groups attached to an aromatic ring is 1. The number of fused-ring (bicyclic) bond motifs is 2. The van der Waals surface area contributed by atoms with Crippen LogP contribution in [0.25, 0.3) is 22.5 Å². The van der Waals surface area contributed by atoms with Crippen molar-refractivity contribution in [3.8, 4) is 45.5 Å². The monoisotopic (exact) mass is 910 g/mol. The zero-order valence-corrected chi connectivity index (χ0v) is 32.9. The molecule has 8 rings (SSSR count). The Kier molecular flexibility index (Phi) is 15.7. The summed E-state index contributed by atoms with van der Waals surface area (Å²) in [6.45, 7) is 3.46. The number of hydrogen-bond donors (Lipinski definition) is 2. The van der Waals surface area contributed by atoms with E-state index >= 15 is 0 Å². The third kappa shape index (κ3) is 12.3. The Hall–Kier alpha value is -6.37. The molecule has 0 aliphatic carbocycles. The molecule has 0 fully saturated rings. The van der Waals surface area contributed by atoms with Gasteiger partial charge in [-0.25, -0.2) is 18.7 Å². The van der Waals surface area contributed by atoms with E-state index in [9.17, 15) is 35.9 Å². The summed E-state index contributed by atoms with van der Waals surface area (Å²) in [7, 11) is 0. The fourth-order valence-corrected chi connectivity index (χ4v) is 5.36. The van der Waals surface area contributed by atoms with Crippen LogP contribution in [0, 0.1) is 25.5 Å². The van der Waals surface area contributed by atoms with Crippen LogP contribution in [0.4, 0.5) is 38.0 Å². The number of nitrogens with one attached hydrogen (secondary N) is 1. The van der Waals surface area contributed by atoms with E-state index in [4.69, 9.17) is 40.5 Å². The van der Waals surface area contributed by atoms with E-state index < -0.39 is 35.4 Å². The molecule has 1 amide bonds. The molecule has 0 saturated heterocycles. The number of nitrogens with two attached hydrogens (primary N) is 1. The first-order valence-corrected chi connectivity index (χ1v) is 18.2. The molecule has 6 aromatic rings. The zero-order chi connectivity index (χ0) is 43.8. The number of hydrogen-bond acceptors (Lipinski definition) is 11. The number of carbonyl (C=O) groups excluding carboxylic acids is 2. The van der Waals surface area contributed by atoms with Crippen molar-refractivity contribution < 1.29 is 54.9 Å². The molecule has 0 unspecified atom stereocenters. The minimum absolute atomic E-state index is 0. The molecule has 320 valence electrons. The van der Waals surface area contributed by atoms with Gasteiger partial charge in [0.15, 0.2) is 28.8 Å². The fraction of sp³-hybridized carbons (Fsp3) is 0.150. The number of ether oxygens (including phenoxy) is 4. The highest BCUT2D eigenvalue weighted by atomic mass is 35.5. The van der Waals surface area contributed by atoms with Gasteiger partial charge in [-0.3, -0.25) is 19.6 Å². The van der Waals surface area contributed by atoms with E-state index in [0.717, 1.165) is 5.56 Å². The smallest absolute Gasteiger partial charge is 0.395 e. The first kappa shape index (κ1) is 47.3. The lowest BCUT2D eigenvalue weighted by atomic mass is 10.1. The molecule has 0 radical (unpaired) electrons. The van der Waals surface area contributed by atoms with Gasteiger partial charge in [0.05, 0.1) is 52.6 Å². The molecule has 0 bridgehead atoms. The molecule has 12 nitrogen and oxygen atoms in total. The van der Waals surface area contributed by atoms with Gasteiger partial charge in [0.1, 0.15) is 17.5 Å². The molecule has 21 heteroatoms. The quantitative estimate of drug-likeness (QED) is 0.0962. The normalized spacial score (nSPS) is 13.1. The number of nitrogens with zero attached hydrogens (tertiary/aromatic N) is 4. The number of halogens is 9. The topological polar surface area (TPSA) is 161 Å². The molecule has 2 aliphatic rings. The summed E-state index contributed by atoms with van der Waals surface area (Å²) >= 11 is 14.6. The number of benzene rings is 4. The van der Waals surface area contributed by atoms with Gasteiger partial charge in [-0.15, -0.1) is 40.8 Å². The highest BCUT2D eigenvalue weighted by molar-refractivity contribution is 6.67. The third-order valence-corrected chi connectivity index (χ3v) is 8.02. The molecule has 0 spiro atoms. The Bertz CT molecular complexity index is 2510. The van der Waals surface area contributed by atoms with Crippen LogP contribution in [0.3, 0.4) is 0 Å². The van der Waals surface area contributed by atoms with Gasteiger partial charge in [-0.1, -0.05) is 31.7 Å². The van der Waals surface area contributed by atoms with Crippen LogP contribution in [-0.4, -0.2) is 49.0 Å². The van der Waals surface area contributed by atoms with E-state index in [0.29, 0.717) is 28.1 Å². The van der Waals surface area contributed by atoms with Crippen molar-refractivity contribution in [1.29, 1.82) is 0 Å². The summed E-state index contributed by atoms with van der Waals surface area (Å²) in [5, 5.41) is 1.88. The lowest BCUT2D eigenvalue weighted by Gasteiger charge is -2.08. The Morgan fingerprint density at radius 1 is 0.656 bits per heavy atom. The maximum absolute atomic E-state index is 13.7. The lowest BCUT2D eigenvalue weighted by Crippen LogP contribution is -2.25. The standard InChI is InChI=1S/C19H12F3N3O3.C12H9F2N3O2.C7H4ClFO.CH2Cl2.CH4/c1-10-6-15-16(28-19(21,22)27-15)7-12(10)14-8-24-17(9-23-14)25-18(26)11-4-2-3-5-13(11)20;1-6-2-9-10(19-12(13,14)18-9)3-7(6)8-4-17-11(15)5-16-8;8-7(10)5-3-1-2-4-6(5)9;2-1-3;/h2-9H,1H3,(H,24,25,26);2-5H,1H3,(H2,15,17);1-4H;1H2;1H4. The molecule has 2 aromatic heterocycles. The van der Waals surface area contributed by atoms with Gasteiger partial charge in [0.25, 0.3) is 11.1 Å². The van der Waals surface area contributed by atoms with E-state index in [1.54, 1.807) is 26.0 Å². The van der Waals surface area contributed by atoms with E-state index in [-0.39, 0.29) is 58.5 Å². The van der Waals surface area contributed by atoms with Crippen LogP contribution in [0.1, 0.15) is 39.3 Å². The second kappa shape index (κ2) is 20.3.